The first kappa shape index (κ1) is 15.0. The summed E-state index contributed by atoms with van der Waals surface area (Å²) < 4.78 is 10.6. The summed E-state index contributed by atoms with van der Waals surface area (Å²) in [5.41, 5.74) is 1.53. The first-order chi connectivity index (χ1) is 9.43. The second kappa shape index (κ2) is 5.94. The van der Waals surface area contributed by atoms with Gasteiger partial charge in [0.15, 0.2) is 11.5 Å². The van der Waals surface area contributed by atoms with Crippen LogP contribution in [0.15, 0.2) is 18.2 Å². The molecule has 3 heteroatoms. The molecule has 1 aromatic carbocycles. The molecule has 1 aromatic rings. The van der Waals surface area contributed by atoms with Gasteiger partial charge in [-0.25, -0.2) is 0 Å². The number of hydrogen-bond acceptors (Lipinski definition) is 3. The van der Waals surface area contributed by atoms with Crippen LogP contribution in [0.2, 0.25) is 0 Å². The van der Waals surface area contributed by atoms with Crippen molar-refractivity contribution in [3.63, 3.8) is 0 Å². The van der Waals surface area contributed by atoms with Crippen molar-refractivity contribution in [3.05, 3.63) is 18.2 Å². The molecule has 0 bridgehead atoms. The van der Waals surface area contributed by atoms with Gasteiger partial charge in [0.25, 0.3) is 0 Å². The summed E-state index contributed by atoms with van der Waals surface area (Å²) >= 11 is 0. The molecule has 2 atom stereocenters. The fourth-order valence-electron chi connectivity index (χ4n) is 3.62. The first-order valence-corrected chi connectivity index (χ1v) is 7.42. The maximum atomic E-state index is 5.36. The smallest absolute Gasteiger partial charge is 0.162 e. The minimum atomic E-state index is 0.423. The van der Waals surface area contributed by atoms with E-state index in [1.165, 1.54) is 19.3 Å². The Morgan fingerprint density at radius 2 is 1.80 bits per heavy atom. The van der Waals surface area contributed by atoms with Gasteiger partial charge < -0.3 is 14.8 Å². The molecule has 20 heavy (non-hydrogen) atoms. The molecule has 0 aromatic heterocycles. The lowest BCUT2D eigenvalue weighted by Crippen LogP contribution is -2.35. The van der Waals surface area contributed by atoms with Gasteiger partial charge in [-0.05, 0) is 42.7 Å². The largest absolute Gasteiger partial charge is 0.493 e. The van der Waals surface area contributed by atoms with Crippen molar-refractivity contribution < 1.29 is 9.47 Å². The first-order valence-electron chi connectivity index (χ1n) is 7.42. The molecule has 2 rings (SSSR count). The zero-order valence-corrected chi connectivity index (χ0v) is 13.3. The Morgan fingerprint density at radius 3 is 2.40 bits per heavy atom. The predicted molar refractivity (Wildman–Crippen MR) is 83.8 cm³/mol. The molecule has 1 aliphatic carbocycles. The van der Waals surface area contributed by atoms with Crippen LogP contribution in [0, 0.1) is 11.3 Å². The maximum Gasteiger partial charge on any atom is 0.162 e. The molecule has 2 unspecified atom stereocenters. The molecule has 0 saturated heterocycles. The third-order valence-electron chi connectivity index (χ3n) is 4.14. The van der Waals surface area contributed by atoms with Crippen molar-refractivity contribution >= 4 is 5.69 Å². The Morgan fingerprint density at radius 1 is 1.10 bits per heavy atom. The summed E-state index contributed by atoms with van der Waals surface area (Å²) in [6.45, 7) is 7.09. The van der Waals surface area contributed by atoms with Crippen molar-refractivity contribution in [2.75, 3.05) is 19.5 Å². The van der Waals surface area contributed by atoms with E-state index in [4.69, 9.17) is 9.47 Å². The Kier molecular flexibility index (Phi) is 4.46. The van der Waals surface area contributed by atoms with E-state index >= 15 is 0 Å². The van der Waals surface area contributed by atoms with Crippen molar-refractivity contribution in [2.24, 2.45) is 11.3 Å². The van der Waals surface area contributed by atoms with Crippen molar-refractivity contribution in [1.82, 2.24) is 0 Å². The molecule has 0 amide bonds. The highest BCUT2D eigenvalue weighted by Gasteiger charge is 2.31. The van der Waals surface area contributed by atoms with Crippen LogP contribution in [-0.2, 0) is 0 Å². The third kappa shape index (κ3) is 3.59. The molecule has 0 radical (unpaired) electrons. The van der Waals surface area contributed by atoms with Gasteiger partial charge in [0.05, 0.1) is 14.2 Å². The Hall–Kier alpha value is -1.38. The molecule has 1 fully saturated rings. The number of benzene rings is 1. The van der Waals surface area contributed by atoms with Gasteiger partial charge in [-0.3, -0.25) is 0 Å². The number of nitrogens with one attached hydrogen (secondary N) is 1. The van der Waals surface area contributed by atoms with Crippen molar-refractivity contribution in [1.29, 1.82) is 0 Å². The van der Waals surface area contributed by atoms with Crippen LogP contribution in [0.4, 0.5) is 5.69 Å². The van der Waals surface area contributed by atoms with E-state index in [-0.39, 0.29) is 0 Å². The van der Waals surface area contributed by atoms with Crippen LogP contribution in [-0.4, -0.2) is 20.3 Å². The number of anilines is 1. The fourth-order valence-corrected chi connectivity index (χ4v) is 3.62. The minimum Gasteiger partial charge on any atom is -0.493 e. The monoisotopic (exact) mass is 277 g/mol. The standard InChI is InChI=1S/C17H27NO2/c1-12-8-14(11-17(2,3)10-12)18-13-6-7-15(19-4)16(9-13)20-5/h6-7,9,12,14,18H,8,10-11H2,1-5H3. The SMILES string of the molecule is COc1ccc(NC2CC(C)CC(C)(C)C2)cc1OC. The summed E-state index contributed by atoms with van der Waals surface area (Å²) in [6.07, 6.45) is 3.76. The highest BCUT2D eigenvalue weighted by Crippen LogP contribution is 2.40. The summed E-state index contributed by atoms with van der Waals surface area (Å²) in [6, 6.07) is 6.57. The van der Waals surface area contributed by atoms with Crippen LogP contribution in [0.5, 0.6) is 11.5 Å². The van der Waals surface area contributed by atoms with Gasteiger partial charge in [-0.1, -0.05) is 20.8 Å². The second-order valence-corrected chi connectivity index (χ2v) is 6.82. The minimum absolute atomic E-state index is 0.423. The molecule has 1 saturated carbocycles. The molecule has 0 aliphatic heterocycles. The maximum absolute atomic E-state index is 5.36. The molecular weight excluding hydrogens is 250 g/mol. The fraction of sp³-hybridized carbons (Fsp3) is 0.647. The molecular formula is C17H27NO2. The summed E-state index contributed by atoms with van der Waals surface area (Å²) in [7, 11) is 3.34. The Bertz CT molecular complexity index is 456. The molecule has 1 N–H and O–H groups in total. The van der Waals surface area contributed by atoms with E-state index in [2.05, 4.69) is 32.2 Å². The summed E-state index contributed by atoms with van der Waals surface area (Å²) in [5.74, 6) is 2.33. The number of ether oxygens (including phenoxy) is 2. The van der Waals surface area contributed by atoms with Gasteiger partial charge in [0.1, 0.15) is 0 Å². The van der Waals surface area contributed by atoms with Gasteiger partial charge in [0, 0.05) is 17.8 Å². The van der Waals surface area contributed by atoms with Gasteiger partial charge in [-0.2, -0.15) is 0 Å². The van der Waals surface area contributed by atoms with Crippen LogP contribution < -0.4 is 14.8 Å². The van der Waals surface area contributed by atoms with E-state index in [1.54, 1.807) is 14.2 Å². The zero-order valence-electron chi connectivity index (χ0n) is 13.3. The Balaban J connectivity index is 2.09. The van der Waals surface area contributed by atoms with Gasteiger partial charge in [-0.15, -0.1) is 0 Å². The average Bonchev–Trinajstić information content (AvgIpc) is 2.36. The van der Waals surface area contributed by atoms with Crippen molar-refractivity contribution in [2.45, 2.75) is 46.1 Å². The molecule has 3 nitrogen and oxygen atoms in total. The Labute approximate surface area is 122 Å². The van der Waals surface area contributed by atoms with E-state index in [0.29, 0.717) is 11.5 Å². The van der Waals surface area contributed by atoms with Crippen molar-refractivity contribution in [3.8, 4) is 11.5 Å². The number of hydrogen-bond donors (Lipinski definition) is 1. The van der Waals surface area contributed by atoms with E-state index < -0.39 is 0 Å². The number of rotatable bonds is 4. The van der Waals surface area contributed by atoms with Crippen LogP contribution in [0.1, 0.15) is 40.0 Å². The quantitative estimate of drug-likeness (QED) is 0.888. The van der Waals surface area contributed by atoms with Gasteiger partial charge >= 0.3 is 0 Å². The lowest BCUT2D eigenvalue weighted by molar-refractivity contribution is 0.178. The predicted octanol–water partition coefficient (Wildman–Crippen LogP) is 4.33. The van der Waals surface area contributed by atoms with Crippen LogP contribution in [0.25, 0.3) is 0 Å². The lowest BCUT2D eigenvalue weighted by atomic mass is 9.70. The highest BCUT2D eigenvalue weighted by atomic mass is 16.5. The number of methoxy groups -OCH3 is 2. The zero-order chi connectivity index (χ0) is 14.8. The topological polar surface area (TPSA) is 30.5 Å². The summed E-state index contributed by atoms with van der Waals surface area (Å²) in [4.78, 5) is 0. The molecule has 112 valence electrons. The summed E-state index contributed by atoms with van der Waals surface area (Å²) in [5, 5.41) is 3.66. The highest BCUT2D eigenvalue weighted by molar-refractivity contribution is 5.55. The normalized spacial score (nSPS) is 25.1. The van der Waals surface area contributed by atoms with Crippen LogP contribution >= 0.6 is 0 Å². The molecule has 0 spiro atoms. The molecule has 1 aliphatic rings. The van der Waals surface area contributed by atoms with E-state index in [0.717, 1.165) is 23.1 Å². The van der Waals surface area contributed by atoms with Gasteiger partial charge in [0.2, 0.25) is 0 Å². The van der Waals surface area contributed by atoms with E-state index in [9.17, 15) is 0 Å². The third-order valence-corrected chi connectivity index (χ3v) is 4.14. The average molecular weight is 277 g/mol. The van der Waals surface area contributed by atoms with Crippen LogP contribution in [0.3, 0.4) is 0 Å². The second-order valence-electron chi connectivity index (χ2n) is 6.82. The lowest BCUT2D eigenvalue weighted by Gasteiger charge is -2.39. The molecule has 0 heterocycles. The van der Waals surface area contributed by atoms with E-state index in [1.807, 2.05) is 12.1 Å².